The van der Waals surface area contributed by atoms with Crippen molar-refractivity contribution in [3.05, 3.63) is 42.2 Å². The minimum absolute atomic E-state index is 0.173. The van der Waals surface area contributed by atoms with Gasteiger partial charge in [-0.2, -0.15) is 18.3 Å². The van der Waals surface area contributed by atoms with Gasteiger partial charge in [0, 0.05) is 13.2 Å². The van der Waals surface area contributed by atoms with E-state index in [-0.39, 0.29) is 5.75 Å². The first-order valence-corrected chi connectivity index (χ1v) is 5.95. The van der Waals surface area contributed by atoms with Crippen LogP contribution >= 0.6 is 0 Å². The van der Waals surface area contributed by atoms with Crippen LogP contribution in [0, 0.1) is 0 Å². The van der Waals surface area contributed by atoms with Gasteiger partial charge < -0.3 is 10.1 Å². The molecule has 0 aliphatic heterocycles. The number of hydrogen-bond acceptors (Lipinski definition) is 3. The number of aryl methyl sites for hydroxylation is 1. The van der Waals surface area contributed by atoms with Crippen LogP contribution in [0.5, 0.6) is 5.75 Å². The molecular weight excluding hydrogens is 271 g/mol. The number of halogens is 3. The van der Waals surface area contributed by atoms with E-state index in [1.807, 2.05) is 6.07 Å². The Balaban J connectivity index is 2.02. The van der Waals surface area contributed by atoms with Crippen molar-refractivity contribution >= 4 is 5.69 Å². The smallest absolute Gasteiger partial charge is 0.422 e. The van der Waals surface area contributed by atoms with Gasteiger partial charge in [-0.05, 0) is 18.2 Å². The highest BCUT2D eigenvalue weighted by Gasteiger charge is 2.28. The van der Waals surface area contributed by atoms with Crippen molar-refractivity contribution in [2.45, 2.75) is 12.7 Å². The Morgan fingerprint density at radius 3 is 2.65 bits per heavy atom. The molecule has 0 aliphatic carbocycles. The number of benzene rings is 1. The lowest BCUT2D eigenvalue weighted by molar-refractivity contribution is -0.153. The first-order valence-electron chi connectivity index (χ1n) is 5.95. The van der Waals surface area contributed by atoms with E-state index >= 15 is 0 Å². The lowest BCUT2D eigenvalue weighted by Crippen LogP contribution is -2.19. The quantitative estimate of drug-likeness (QED) is 0.918. The second-order valence-corrected chi connectivity index (χ2v) is 4.20. The first-order chi connectivity index (χ1) is 9.46. The van der Waals surface area contributed by atoms with Crippen molar-refractivity contribution in [1.82, 2.24) is 9.78 Å². The van der Waals surface area contributed by atoms with Crippen LogP contribution in [0.25, 0.3) is 0 Å². The summed E-state index contributed by atoms with van der Waals surface area (Å²) in [6.45, 7) is -0.861. The number of anilines is 1. The molecule has 0 bridgehead atoms. The zero-order valence-electron chi connectivity index (χ0n) is 10.8. The molecule has 20 heavy (non-hydrogen) atoms. The summed E-state index contributed by atoms with van der Waals surface area (Å²) >= 11 is 0. The minimum Gasteiger partial charge on any atom is -0.482 e. The number of alkyl halides is 3. The Labute approximate surface area is 114 Å². The molecule has 0 saturated carbocycles. The summed E-state index contributed by atoms with van der Waals surface area (Å²) in [6, 6.07) is 8.35. The molecule has 0 saturated heterocycles. The highest BCUT2D eigenvalue weighted by Crippen LogP contribution is 2.26. The van der Waals surface area contributed by atoms with Crippen LogP contribution in [0.4, 0.5) is 18.9 Å². The third-order valence-corrected chi connectivity index (χ3v) is 2.66. The molecule has 2 aromatic rings. The van der Waals surface area contributed by atoms with E-state index in [0.717, 1.165) is 5.69 Å². The fourth-order valence-electron chi connectivity index (χ4n) is 1.66. The number of nitrogens with one attached hydrogen (secondary N) is 1. The number of para-hydroxylation sites is 2. The summed E-state index contributed by atoms with van der Waals surface area (Å²) in [5.74, 6) is 0.173. The van der Waals surface area contributed by atoms with E-state index in [0.29, 0.717) is 12.2 Å². The van der Waals surface area contributed by atoms with Crippen molar-refractivity contribution in [3.63, 3.8) is 0 Å². The molecule has 1 aromatic carbocycles. The van der Waals surface area contributed by atoms with E-state index < -0.39 is 12.8 Å². The van der Waals surface area contributed by atoms with E-state index in [9.17, 15) is 13.2 Å². The minimum atomic E-state index is -4.35. The third kappa shape index (κ3) is 3.91. The average Bonchev–Trinajstić information content (AvgIpc) is 2.79. The molecule has 1 N–H and O–H groups in total. The van der Waals surface area contributed by atoms with Crippen LogP contribution in [0.2, 0.25) is 0 Å². The third-order valence-electron chi connectivity index (χ3n) is 2.66. The molecule has 0 radical (unpaired) electrons. The molecule has 0 aliphatic rings. The molecule has 4 nitrogen and oxygen atoms in total. The zero-order valence-corrected chi connectivity index (χ0v) is 10.8. The molecular formula is C13H14F3N3O. The molecule has 7 heteroatoms. The molecule has 1 aromatic heterocycles. The Morgan fingerprint density at radius 2 is 2.00 bits per heavy atom. The van der Waals surface area contributed by atoms with Gasteiger partial charge in [0.25, 0.3) is 0 Å². The van der Waals surface area contributed by atoms with Crippen LogP contribution in [-0.2, 0) is 13.6 Å². The number of ether oxygens (including phenoxy) is 1. The summed E-state index contributed by atoms with van der Waals surface area (Å²) in [5.41, 5.74) is 1.42. The van der Waals surface area contributed by atoms with Gasteiger partial charge in [0.05, 0.1) is 17.9 Å². The van der Waals surface area contributed by atoms with E-state index in [1.54, 1.807) is 36.1 Å². The van der Waals surface area contributed by atoms with Crippen LogP contribution in [-0.4, -0.2) is 22.6 Å². The predicted octanol–water partition coefficient (Wildman–Crippen LogP) is 2.97. The number of aromatic nitrogens is 2. The summed E-state index contributed by atoms with van der Waals surface area (Å²) in [5, 5.41) is 7.06. The molecule has 1 heterocycles. The maximum atomic E-state index is 12.2. The van der Waals surface area contributed by atoms with Gasteiger partial charge in [-0.3, -0.25) is 4.68 Å². The fraction of sp³-hybridized carbons (Fsp3) is 0.308. The van der Waals surface area contributed by atoms with Gasteiger partial charge >= 0.3 is 6.18 Å². The standard InChI is InChI=1S/C13H14F3N3O/c1-19-10(6-7-18-19)8-17-11-4-2-3-5-12(11)20-9-13(14,15)16/h2-7,17H,8-9H2,1H3. The summed E-state index contributed by atoms with van der Waals surface area (Å²) in [4.78, 5) is 0. The van der Waals surface area contributed by atoms with Gasteiger partial charge in [0.15, 0.2) is 6.61 Å². The van der Waals surface area contributed by atoms with E-state index in [1.165, 1.54) is 6.07 Å². The Morgan fingerprint density at radius 1 is 1.25 bits per heavy atom. The van der Waals surface area contributed by atoms with Gasteiger partial charge in [-0.1, -0.05) is 12.1 Å². The maximum Gasteiger partial charge on any atom is 0.422 e. The van der Waals surface area contributed by atoms with E-state index in [4.69, 9.17) is 4.74 Å². The van der Waals surface area contributed by atoms with Crippen molar-refractivity contribution in [3.8, 4) is 5.75 Å². The second-order valence-electron chi connectivity index (χ2n) is 4.20. The number of hydrogen-bond donors (Lipinski definition) is 1. The molecule has 108 valence electrons. The highest BCUT2D eigenvalue weighted by atomic mass is 19.4. The Hall–Kier alpha value is -2.18. The highest BCUT2D eigenvalue weighted by molar-refractivity contribution is 5.56. The topological polar surface area (TPSA) is 39.1 Å². The number of rotatable bonds is 5. The van der Waals surface area contributed by atoms with Gasteiger partial charge in [-0.15, -0.1) is 0 Å². The Bertz CT molecular complexity index is 566. The van der Waals surface area contributed by atoms with Gasteiger partial charge in [0.2, 0.25) is 0 Å². The average molecular weight is 285 g/mol. The largest absolute Gasteiger partial charge is 0.482 e. The lowest BCUT2D eigenvalue weighted by atomic mass is 10.3. The molecule has 0 amide bonds. The molecule has 0 unspecified atom stereocenters. The lowest BCUT2D eigenvalue weighted by Gasteiger charge is -2.14. The second kappa shape index (κ2) is 5.85. The molecule has 0 atom stereocenters. The SMILES string of the molecule is Cn1nccc1CNc1ccccc1OCC(F)(F)F. The maximum absolute atomic E-state index is 12.2. The van der Waals surface area contributed by atoms with Crippen molar-refractivity contribution in [2.75, 3.05) is 11.9 Å². The van der Waals surface area contributed by atoms with E-state index in [2.05, 4.69) is 10.4 Å². The summed E-state index contributed by atoms with van der Waals surface area (Å²) in [7, 11) is 1.79. The van der Waals surface area contributed by atoms with Gasteiger partial charge in [0.1, 0.15) is 5.75 Å². The van der Waals surface area contributed by atoms with Gasteiger partial charge in [-0.25, -0.2) is 0 Å². The fourth-order valence-corrected chi connectivity index (χ4v) is 1.66. The normalized spacial score (nSPS) is 11.4. The predicted molar refractivity (Wildman–Crippen MR) is 68.5 cm³/mol. The molecule has 0 fully saturated rings. The summed E-state index contributed by atoms with van der Waals surface area (Å²) in [6.07, 6.45) is -2.70. The van der Waals surface area contributed by atoms with Crippen molar-refractivity contribution < 1.29 is 17.9 Å². The first kappa shape index (κ1) is 14.2. The van der Waals surface area contributed by atoms with Crippen molar-refractivity contribution in [1.29, 1.82) is 0 Å². The number of nitrogens with zero attached hydrogens (tertiary/aromatic N) is 2. The Kier molecular flexibility index (Phi) is 4.16. The monoisotopic (exact) mass is 285 g/mol. The van der Waals surface area contributed by atoms with Crippen LogP contribution < -0.4 is 10.1 Å². The van der Waals surface area contributed by atoms with Crippen molar-refractivity contribution in [2.24, 2.45) is 7.05 Å². The molecule has 2 rings (SSSR count). The molecule has 0 spiro atoms. The van der Waals surface area contributed by atoms with Crippen LogP contribution in [0.3, 0.4) is 0 Å². The summed E-state index contributed by atoms with van der Waals surface area (Å²) < 4.78 is 43.0. The van der Waals surface area contributed by atoms with Crippen LogP contribution in [0.1, 0.15) is 5.69 Å². The van der Waals surface area contributed by atoms with Crippen LogP contribution in [0.15, 0.2) is 36.5 Å². The zero-order chi connectivity index (χ0) is 14.6.